The Morgan fingerprint density at radius 2 is 1.87 bits per heavy atom. The zero-order valence-electron chi connectivity index (χ0n) is 8.81. The van der Waals surface area contributed by atoms with E-state index < -0.39 is 0 Å². The summed E-state index contributed by atoms with van der Waals surface area (Å²) in [7, 11) is 1.69. The molecule has 0 saturated heterocycles. The molecule has 0 heterocycles. The molecule has 0 radical (unpaired) electrons. The van der Waals surface area contributed by atoms with E-state index in [2.05, 4.69) is 30.3 Å². The molecule has 0 aliphatic rings. The van der Waals surface area contributed by atoms with Crippen molar-refractivity contribution in [1.29, 1.82) is 0 Å². The maximum atomic E-state index is 5.63. The average molecular weight is 201 g/mol. The molecule has 2 heteroatoms. The second-order valence-electron chi connectivity index (χ2n) is 3.57. The van der Waals surface area contributed by atoms with Gasteiger partial charge in [-0.05, 0) is 22.4 Å². The molecule has 2 aromatic rings. The van der Waals surface area contributed by atoms with Gasteiger partial charge in [-0.1, -0.05) is 36.4 Å². The smallest absolute Gasteiger partial charge is 0.0943 e. The van der Waals surface area contributed by atoms with Crippen molar-refractivity contribution in [2.24, 2.45) is 5.73 Å². The monoisotopic (exact) mass is 201 g/mol. The van der Waals surface area contributed by atoms with Crippen molar-refractivity contribution in [3.05, 3.63) is 48.0 Å². The van der Waals surface area contributed by atoms with Gasteiger partial charge in [0.2, 0.25) is 0 Å². The van der Waals surface area contributed by atoms with Crippen molar-refractivity contribution in [3.8, 4) is 0 Å². The summed E-state index contributed by atoms with van der Waals surface area (Å²) < 4.78 is 5.31. The fourth-order valence-corrected chi connectivity index (χ4v) is 1.78. The summed E-state index contributed by atoms with van der Waals surface area (Å²) in [6.45, 7) is 0.509. The minimum atomic E-state index is -0.00499. The molecule has 0 amide bonds. The summed E-state index contributed by atoms with van der Waals surface area (Å²) in [4.78, 5) is 0. The summed E-state index contributed by atoms with van der Waals surface area (Å²) in [5, 5.41) is 2.47. The van der Waals surface area contributed by atoms with Gasteiger partial charge < -0.3 is 10.5 Å². The molecule has 0 aromatic heterocycles. The van der Waals surface area contributed by atoms with Gasteiger partial charge in [0.25, 0.3) is 0 Å². The molecule has 0 unspecified atom stereocenters. The molecule has 15 heavy (non-hydrogen) atoms. The van der Waals surface area contributed by atoms with Crippen LogP contribution >= 0.6 is 0 Å². The van der Waals surface area contributed by atoms with Gasteiger partial charge in [-0.2, -0.15) is 0 Å². The Kier molecular flexibility index (Phi) is 2.99. The Labute approximate surface area is 89.7 Å². The van der Waals surface area contributed by atoms with Crippen LogP contribution in [0.5, 0.6) is 0 Å². The summed E-state index contributed by atoms with van der Waals surface area (Å²) in [6, 6.07) is 14.6. The number of rotatable bonds is 3. The van der Waals surface area contributed by atoms with Crippen molar-refractivity contribution in [3.63, 3.8) is 0 Å². The summed E-state index contributed by atoms with van der Waals surface area (Å²) in [5.74, 6) is 0. The van der Waals surface area contributed by atoms with Gasteiger partial charge in [-0.15, -0.1) is 0 Å². The molecular formula is C13H15NO. The average Bonchev–Trinajstić information content (AvgIpc) is 2.30. The van der Waals surface area contributed by atoms with E-state index in [1.54, 1.807) is 7.11 Å². The molecular weight excluding hydrogens is 186 g/mol. The highest BCUT2D eigenvalue weighted by molar-refractivity contribution is 5.83. The highest BCUT2D eigenvalue weighted by Crippen LogP contribution is 2.21. The number of hydrogen-bond donors (Lipinski definition) is 1. The maximum Gasteiger partial charge on any atom is 0.0943 e. The number of benzene rings is 2. The second-order valence-corrected chi connectivity index (χ2v) is 3.57. The van der Waals surface area contributed by atoms with E-state index in [0.29, 0.717) is 6.54 Å². The normalized spacial score (nSPS) is 12.9. The molecule has 78 valence electrons. The third-order valence-corrected chi connectivity index (χ3v) is 2.64. The lowest BCUT2D eigenvalue weighted by Gasteiger charge is -2.13. The minimum Gasteiger partial charge on any atom is -0.375 e. The fourth-order valence-electron chi connectivity index (χ4n) is 1.78. The van der Waals surface area contributed by atoms with Gasteiger partial charge in [-0.3, -0.25) is 0 Å². The topological polar surface area (TPSA) is 35.2 Å². The number of fused-ring (bicyclic) bond motifs is 1. The lowest BCUT2D eigenvalue weighted by atomic mass is 10.0. The van der Waals surface area contributed by atoms with Crippen LogP contribution in [0.25, 0.3) is 10.8 Å². The van der Waals surface area contributed by atoms with E-state index >= 15 is 0 Å². The van der Waals surface area contributed by atoms with E-state index in [4.69, 9.17) is 10.5 Å². The lowest BCUT2D eigenvalue weighted by molar-refractivity contribution is 0.110. The predicted octanol–water partition coefficient (Wildman–Crippen LogP) is 2.49. The van der Waals surface area contributed by atoms with Crippen molar-refractivity contribution >= 4 is 10.8 Å². The molecule has 2 nitrogen and oxygen atoms in total. The van der Waals surface area contributed by atoms with Gasteiger partial charge in [0.1, 0.15) is 0 Å². The van der Waals surface area contributed by atoms with E-state index in [0.717, 1.165) is 5.56 Å². The van der Waals surface area contributed by atoms with Gasteiger partial charge in [0.15, 0.2) is 0 Å². The molecule has 0 aliphatic heterocycles. The molecule has 2 N–H and O–H groups in total. The largest absolute Gasteiger partial charge is 0.375 e. The Morgan fingerprint density at radius 1 is 1.13 bits per heavy atom. The molecule has 0 bridgehead atoms. The number of hydrogen-bond acceptors (Lipinski definition) is 2. The molecule has 2 rings (SSSR count). The summed E-state index contributed by atoms with van der Waals surface area (Å²) >= 11 is 0. The fraction of sp³-hybridized carbons (Fsp3) is 0.231. The van der Waals surface area contributed by atoms with Gasteiger partial charge >= 0.3 is 0 Å². The van der Waals surface area contributed by atoms with Crippen molar-refractivity contribution in [2.45, 2.75) is 6.10 Å². The number of methoxy groups -OCH3 is 1. The van der Waals surface area contributed by atoms with Crippen LogP contribution in [0.2, 0.25) is 0 Å². The van der Waals surface area contributed by atoms with Gasteiger partial charge in [-0.25, -0.2) is 0 Å². The van der Waals surface area contributed by atoms with Crippen LogP contribution in [0.4, 0.5) is 0 Å². The maximum absolute atomic E-state index is 5.63. The third kappa shape index (κ3) is 2.01. The zero-order chi connectivity index (χ0) is 10.7. The quantitative estimate of drug-likeness (QED) is 0.828. The Bertz CT molecular complexity index is 449. The van der Waals surface area contributed by atoms with Crippen LogP contribution in [-0.2, 0) is 4.74 Å². The highest BCUT2D eigenvalue weighted by Gasteiger charge is 2.07. The van der Waals surface area contributed by atoms with Crippen LogP contribution in [0.1, 0.15) is 11.7 Å². The molecule has 2 aromatic carbocycles. The van der Waals surface area contributed by atoms with Crippen LogP contribution < -0.4 is 5.73 Å². The Morgan fingerprint density at radius 3 is 2.53 bits per heavy atom. The first-order chi connectivity index (χ1) is 7.35. The first-order valence-corrected chi connectivity index (χ1v) is 5.06. The van der Waals surface area contributed by atoms with E-state index in [-0.39, 0.29) is 6.10 Å². The SMILES string of the molecule is CO[C@H](CN)c1ccc2ccccc2c1. The van der Waals surface area contributed by atoms with Crippen molar-refractivity contribution in [2.75, 3.05) is 13.7 Å². The summed E-state index contributed by atoms with van der Waals surface area (Å²) in [6.07, 6.45) is -0.00499. The second kappa shape index (κ2) is 4.43. The molecule has 0 fully saturated rings. The van der Waals surface area contributed by atoms with Crippen LogP contribution in [0.15, 0.2) is 42.5 Å². The Hall–Kier alpha value is -1.38. The van der Waals surface area contributed by atoms with Crippen LogP contribution in [0.3, 0.4) is 0 Å². The van der Waals surface area contributed by atoms with E-state index in [1.807, 2.05) is 12.1 Å². The summed E-state index contributed by atoms with van der Waals surface area (Å²) in [5.41, 5.74) is 6.77. The van der Waals surface area contributed by atoms with Crippen molar-refractivity contribution in [1.82, 2.24) is 0 Å². The minimum absolute atomic E-state index is 0.00499. The molecule has 0 saturated carbocycles. The molecule has 1 atom stereocenters. The van der Waals surface area contributed by atoms with Crippen molar-refractivity contribution < 1.29 is 4.74 Å². The lowest BCUT2D eigenvalue weighted by Crippen LogP contribution is -2.13. The molecule has 0 aliphatic carbocycles. The molecule has 0 spiro atoms. The van der Waals surface area contributed by atoms with E-state index in [9.17, 15) is 0 Å². The Balaban J connectivity index is 2.46. The first-order valence-electron chi connectivity index (χ1n) is 5.06. The first kappa shape index (κ1) is 10.1. The van der Waals surface area contributed by atoms with Gasteiger partial charge in [0, 0.05) is 13.7 Å². The van der Waals surface area contributed by atoms with Crippen LogP contribution in [0, 0.1) is 0 Å². The van der Waals surface area contributed by atoms with E-state index in [1.165, 1.54) is 10.8 Å². The third-order valence-electron chi connectivity index (χ3n) is 2.64. The predicted molar refractivity (Wildman–Crippen MR) is 62.8 cm³/mol. The zero-order valence-corrected chi connectivity index (χ0v) is 8.81. The number of ether oxygens (including phenoxy) is 1. The highest BCUT2D eigenvalue weighted by atomic mass is 16.5. The number of nitrogens with two attached hydrogens (primary N) is 1. The van der Waals surface area contributed by atoms with Crippen LogP contribution in [-0.4, -0.2) is 13.7 Å². The standard InChI is InChI=1S/C13H15NO/c1-15-13(9-14)12-7-6-10-4-2-3-5-11(10)8-12/h2-8,13H,9,14H2,1H3/t13-/m1/s1. The van der Waals surface area contributed by atoms with Gasteiger partial charge in [0.05, 0.1) is 6.10 Å².